The summed E-state index contributed by atoms with van der Waals surface area (Å²) in [6, 6.07) is 0.229. The minimum atomic E-state index is -2.77. The molecule has 0 aliphatic carbocycles. The minimum absolute atomic E-state index is 0.229. The summed E-state index contributed by atoms with van der Waals surface area (Å²) in [5.74, 6) is 0.688. The topological polar surface area (TPSA) is 66.6 Å². The Hall–Kier alpha value is -0.240. The highest BCUT2D eigenvalue weighted by Crippen LogP contribution is 2.19. The lowest BCUT2D eigenvalue weighted by Gasteiger charge is -2.37. The van der Waals surface area contributed by atoms with Crippen molar-refractivity contribution in [2.45, 2.75) is 12.5 Å². The van der Waals surface area contributed by atoms with Gasteiger partial charge < -0.3 is 5.73 Å². The van der Waals surface area contributed by atoms with Gasteiger partial charge in [-0.25, -0.2) is 8.42 Å². The number of sulfone groups is 1. The van der Waals surface area contributed by atoms with Gasteiger partial charge in [-0.2, -0.15) is 0 Å². The number of rotatable bonds is 3. The third kappa shape index (κ3) is 3.61. The van der Waals surface area contributed by atoms with Gasteiger partial charge in [0.05, 0.1) is 16.5 Å². The smallest absolute Gasteiger partial charge is 0.151 e. The molecule has 98 valence electrons. The van der Waals surface area contributed by atoms with E-state index in [0.717, 1.165) is 32.6 Å². The highest BCUT2D eigenvalue weighted by atomic mass is 32.2. The van der Waals surface area contributed by atoms with Crippen LogP contribution in [0.3, 0.4) is 0 Å². The van der Waals surface area contributed by atoms with E-state index in [9.17, 15) is 8.42 Å². The molecule has 2 saturated heterocycles. The van der Waals surface area contributed by atoms with Crippen LogP contribution in [0, 0.1) is 0 Å². The Morgan fingerprint density at radius 1 is 1.29 bits per heavy atom. The Morgan fingerprint density at radius 2 is 1.94 bits per heavy atom. The van der Waals surface area contributed by atoms with Crippen molar-refractivity contribution in [1.82, 2.24) is 9.80 Å². The van der Waals surface area contributed by atoms with Crippen LogP contribution in [-0.2, 0) is 9.84 Å². The van der Waals surface area contributed by atoms with Crippen LogP contribution in [0.25, 0.3) is 0 Å². The van der Waals surface area contributed by atoms with E-state index >= 15 is 0 Å². The predicted octanol–water partition coefficient (Wildman–Crippen LogP) is -0.923. The summed E-state index contributed by atoms with van der Waals surface area (Å²) in [5, 5.41) is 0. The summed E-state index contributed by atoms with van der Waals surface area (Å²) >= 11 is 4.89. The highest BCUT2D eigenvalue weighted by Gasteiger charge is 2.33. The van der Waals surface area contributed by atoms with Crippen molar-refractivity contribution in [3.05, 3.63) is 0 Å². The van der Waals surface area contributed by atoms with Crippen molar-refractivity contribution >= 4 is 27.0 Å². The van der Waals surface area contributed by atoms with Crippen LogP contribution in [0.1, 0.15) is 6.42 Å². The Balaban J connectivity index is 1.81. The van der Waals surface area contributed by atoms with Crippen molar-refractivity contribution < 1.29 is 8.42 Å². The van der Waals surface area contributed by atoms with Crippen molar-refractivity contribution in [3.63, 3.8) is 0 Å². The molecule has 7 heteroatoms. The number of nitrogens with zero attached hydrogens (tertiary/aromatic N) is 2. The second-order valence-electron chi connectivity index (χ2n) is 4.84. The van der Waals surface area contributed by atoms with Crippen molar-refractivity contribution in [2.75, 3.05) is 44.2 Å². The maximum Gasteiger partial charge on any atom is 0.151 e. The molecule has 2 heterocycles. The zero-order valence-electron chi connectivity index (χ0n) is 9.84. The number of hydrogen-bond acceptors (Lipinski definition) is 5. The summed E-state index contributed by atoms with van der Waals surface area (Å²) < 4.78 is 22.8. The molecule has 0 radical (unpaired) electrons. The first-order chi connectivity index (χ1) is 7.96. The first-order valence-electron chi connectivity index (χ1n) is 5.91. The Labute approximate surface area is 108 Å². The van der Waals surface area contributed by atoms with E-state index in [1.807, 2.05) is 0 Å². The third-order valence-electron chi connectivity index (χ3n) is 3.51. The molecule has 5 nitrogen and oxygen atoms in total. The predicted molar refractivity (Wildman–Crippen MR) is 71.9 cm³/mol. The molecule has 2 fully saturated rings. The molecule has 2 aliphatic rings. The fraction of sp³-hybridized carbons (Fsp3) is 0.900. The largest absolute Gasteiger partial charge is 0.392 e. The maximum absolute atomic E-state index is 11.4. The van der Waals surface area contributed by atoms with E-state index < -0.39 is 9.84 Å². The normalized spacial score (nSPS) is 30.5. The third-order valence-corrected chi connectivity index (χ3v) is 5.39. The van der Waals surface area contributed by atoms with E-state index in [2.05, 4.69) is 9.80 Å². The van der Waals surface area contributed by atoms with Gasteiger partial charge in [-0.05, 0) is 6.42 Å². The van der Waals surface area contributed by atoms with Gasteiger partial charge in [-0.15, -0.1) is 0 Å². The van der Waals surface area contributed by atoms with Crippen LogP contribution >= 0.6 is 12.2 Å². The quantitative estimate of drug-likeness (QED) is 0.673. The first kappa shape index (κ1) is 13.2. The molecule has 2 N–H and O–H groups in total. The molecule has 0 amide bonds. The molecule has 0 saturated carbocycles. The second-order valence-corrected chi connectivity index (χ2v) is 7.59. The van der Waals surface area contributed by atoms with Crippen molar-refractivity contribution in [3.8, 4) is 0 Å². The standard InChI is InChI=1S/C10H19N3O2S2/c11-10(16)7-12-2-4-13(5-3-12)9-1-6-17(14,15)8-9/h9H,1-8H2,(H2,11,16). The molecule has 0 bridgehead atoms. The monoisotopic (exact) mass is 277 g/mol. The molecule has 0 aromatic rings. The minimum Gasteiger partial charge on any atom is -0.392 e. The summed E-state index contributed by atoms with van der Waals surface area (Å²) in [7, 11) is -2.77. The number of hydrogen-bond donors (Lipinski definition) is 1. The molecule has 0 aromatic carbocycles. The first-order valence-corrected chi connectivity index (χ1v) is 8.14. The van der Waals surface area contributed by atoms with E-state index in [1.54, 1.807) is 0 Å². The van der Waals surface area contributed by atoms with Crippen molar-refractivity contribution in [1.29, 1.82) is 0 Å². The molecular weight excluding hydrogens is 258 g/mol. The van der Waals surface area contributed by atoms with Gasteiger partial charge in [0.25, 0.3) is 0 Å². The van der Waals surface area contributed by atoms with Crippen LogP contribution < -0.4 is 5.73 Å². The van der Waals surface area contributed by atoms with E-state index in [1.165, 1.54) is 0 Å². The highest BCUT2D eigenvalue weighted by molar-refractivity contribution is 7.91. The van der Waals surface area contributed by atoms with Crippen molar-refractivity contribution in [2.24, 2.45) is 5.73 Å². The lowest BCUT2D eigenvalue weighted by Crippen LogP contribution is -2.52. The van der Waals surface area contributed by atoms with Gasteiger partial charge in [0.15, 0.2) is 9.84 Å². The average molecular weight is 277 g/mol. The van der Waals surface area contributed by atoms with Crippen LogP contribution in [0.15, 0.2) is 0 Å². The fourth-order valence-corrected chi connectivity index (χ4v) is 4.51. The van der Waals surface area contributed by atoms with E-state index in [0.29, 0.717) is 23.0 Å². The molecule has 0 aromatic heterocycles. The Bertz CT molecular complexity index is 388. The van der Waals surface area contributed by atoms with Gasteiger partial charge in [0.2, 0.25) is 0 Å². The maximum atomic E-state index is 11.4. The van der Waals surface area contributed by atoms with Gasteiger partial charge >= 0.3 is 0 Å². The Kier molecular flexibility index (Phi) is 4.02. The molecule has 1 unspecified atom stereocenters. The molecule has 1 atom stereocenters. The summed E-state index contributed by atoms with van der Waals surface area (Å²) in [5.41, 5.74) is 5.51. The van der Waals surface area contributed by atoms with Crippen LogP contribution in [0.4, 0.5) is 0 Å². The Morgan fingerprint density at radius 3 is 2.41 bits per heavy atom. The van der Waals surface area contributed by atoms with E-state index in [-0.39, 0.29) is 6.04 Å². The molecule has 2 aliphatic heterocycles. The van der Waals surface area contributed by atoms with Gasteiger partial charge in [0, 0.05) is 38.8 Å². The van der Waals surface area contributed by atoms with Crippen LogP contribution in [0.5, 0.6) is 0 Å². The zero-order valence-corrected chi connectivity index (χ0v) is 11.5. The lowest BCUT2D eigenvalue weighted by molar-refractivity contribution is 0.115. The molecule has 2 rings (SSSR count). The van der Waals surface area contributed by atoms with E-state index in [4.69, 9.17) is 18.0 Å². The number of nitrogens with two attached hydrogens (primary N) is 1. The average Bonchev–Trinajstić information content (AvgIpc) is 2.59. The van der Waals surface area contributed by atoms with Gasteiger partial charge in [-0.3, -0.25) is 9.80 Å². The van der Waals surface area contributed by atoms with Crippen LogP contribution in [0.2, 0.25) is 0 Å². The van der Waals surface area contributed by atoms with Gasteiger partial charge in [0.1, 0.15) is 0 Å². The molecular formula is C10H19N3O2S2. The lowest BCUT2D eigenvalue weighted by atomic mass is 10.2. The fourth-order valence-electron chi connectivity index (χ4n) is 2.57. The summed E-state index contributed by atoms with van der Waals surface area (Å²) in [6.07, 6.45) is 0.789. The second kappa shape index (κ2) is 5.17. The van der Waals surface area contributed by atoms with Crippen LogP contribution in [-0.4, -0.2) is 73.5 Å². The number of thiocarbonyl (C=S) groups is 1. The molecule has 17 heavy (non-hydrogen) atoms. The molecule has 0 spiro atoms. The van der Waals surface area contributed by atoms with Gasteiger partial charge in [-0.1, -0.05) is 12.2 Å². The summed E-state index contributed by atoms with van der Waals surface area (Å²) in [4.78, 5) is 5.05. The number of piperazine rings is 1. The summed E-state index contributed by atoms with van der Waals surface area (Å²) in [6.45, 7) is 4.36. The zero-order chi connectivity index (χ0) is 12.5. The SMILES string of the molecule is NC(=S)CN1CCN(C2CCS(=O)(=O)C2)CC1.